The molecule has 0 saturated carbocycles. The first kappa shape index (κ1) is 11.1. The van der Waals surface area contributed by atoms with Crippen molar-refractivity contribution < 1.29 is 19.4 Å². The maximum atomic E-state index is 12.5. The summed E-state index contributed by atoms with van der Waals surface area (Å²) in [5.74, 6) is -1.23. The van der Waals surface area contributed by atoms with E-state index >= 15 is 0 Å². The molecular formula is C11H9FN2O3. The molecule has 1 aromatic carbocycles. The summed E-state index contributed by atoms with van der Waals surface area (Å²) in [5.41, 5.74) is 0.849. The van der Waals surface area contributed by atoms with E-state index in [-0.39, 0.29) is 17.1 Å². The number of hydrogen-bond acceptors (Lipinski definition) is 3. The zero-order valence-electron chi connectivity index (χ0n) is 8.64. The van der Waals surface area contributed by atoms with Crippen molar-refractivity contribution in [1.29, 1.82) is 0 Å². The number of nitrogens with zero attached hydrogens (tertiary/aromatic N) is 1. The Kier molecular flexibility index (Phi) is 2.78. The van der Waals surface area contributed by atoms with E-state index in [4.69, 9.17) is 5.11 Å². The number of halogens is 1. The Labute approximate surface area is 95.5 Å². The topological polar surface area (TPSA) is 86.2 Å². The third kappa shape index (κ3) is 2.10. The van der Waals surface area contributed by atoms with Gasteiger partial charge in [0, 0.05) is 5.56 Å². The summed E-state index contributed by atoms with van der Waals surface area (Å²) in [4.78, 5) is 10.7. The third-order valence-electron chi connectivity index (χ3n) is 2.30. The van der Waals surface area contributed by atoms with Crippen molar-refractivity contribution in [1.82, 2.24) is 10.2 Å². The highest BCUT2D eigenvalue weighted by atomic mass is 19.1. The minimum Gasteiger partial charge on any atom is -0.507 e. The molecule has 3 N–H and O–H groups in total. The number of carbonyl (C=O) groups is 1. The van der Waals surface area contributed by atoms with Crippen molar-refractivity contribution in [3.8, 4) is 17.0 Å². The number of benzene rings is 1. The maximum absolute atomic E-state index is 12.5. The number of aromatic carboxylic acids is 1. The van der Waals surface area contributed by atoms with Crippen LogP contribution in [-0.2, 0) is 6.67 Å². The van der Waals surface area contributed by atoms with Crippen molar-refractivity contribution in [3.63, 3.8) is 0 Å². The number of alkyl halides is 1. The summed E-state index contributed by atoms with van der Waals surface area (Å²) in [6.07, 6.45) is 0. The van der Waals surface area contributed by atoms with E-state index in [1.807, 2.05) is 0 Å². The highest BCUT2D eigenvalue weighted by molar-refractivity contribution is 5.87. The molecule has 0 aliphatic carbocycles. The van der Waals surface area contributed by atoms with Gasteiger partial charge in [-0.05, 0) is 23.8 Å². The molecular weight excluding hydrogens is 227 g/mol. The predicted molar refractivity (Wildman–Crippen MR) is 57.5 cm³/mol. The van der Waals surface area contributed by atoms with Gasteiger partial charge in [-0.2, -0.15) is 5.10 Å². The van der Waals surface area contributed by atoms with Gasteiger partial charge in [0.2, 0.25) is 0 Å². The summed E-state index contributed by atoms with van der Waals surface area (Å²) in [5, 5.41) is 24.4. The molecule has 0 amide bonds. The van der Waals surface area contributed by atoms with Gasteiger partial charge < -0.3 is 10.2 Å². The van der Waals surface area contributed by atoms with Gasteiger partial charge in [0.1, 0.15) is 18.1 Å². The second kappa shape index (κ2) is 4.25. The van der Waals surface area contributed by atoms with Gasteiger partial charge in [0.15, 0.2) is 0 Å². The van der Waals surface area contributed by atoms with E-state index in [0.29, 0.717) is 11.1 Å². The van der Waals surface area contributed by atoms with Crippen molar-refractivity contribution in [2.24, 2.45) is 0 Å². The summed E-state index contributed by atoms with van der Waals surface area (Å²) in [6.45, 7) is -0.663. The first-order valence-electron chi connectivity index (χ1n) is 4.78. The minimum absolute atomic E-state index is 0.0781. The molecule has 0 spiro atoms. The molecule has 17 heavy (non-hydrogen) atoms. The summed E-state index contributed by atoms with van der Waals surface area (Å²) < 4.78 is 12.5. The van der Waals surface area contributed by atoms with Crippen LogP contribution in [0.5, 0.6) is 5.75 Å². The van der Waals surface area contributed by atoms with Crippen LogP contribution in [0.1, 0.15) is 16.1 Å². The lowest BCUT2D eigenvalue weighted by molar-refractivity contribution is 0.0690. The molecule has 88 valence electrons. The highest BCUT2D eigenvalue weighted by Crippen LogP contribution is 2.29. The van der Waals surface area contributed by atoms with Crippen molar-refractivity contribution in [2.75, 3.05) is 0 Å². The largest absolute Gasteiger partial charge is 0.507 e. The number of carboxylic acid groups (broad SMARTS) is 1. The van der Waals surface area contributed by atoms with Gasteiger partial charge in [0.25, 0.3) is 0 Å². The fraction of sp³-hybridized carbons (Fsp3) is 0.0909. The molecule has 0 bridgehead atoms. The lowest BCUT2D eigenvalue weighted by Gasteiger charge is -2.02. The van der Waals surface area contributed by atoms with Crippen LogP contribution in [0.25, 0.3) is 11.3 Å². The van der Waals surface area contributed by atoms with Gasteiger partial charge in [-0.25, -0.2) is 9.18 Å². The molecule has 2 rings (SSSR count). The fourth-order valence-corrected chi connectivity index (χ4v) is 1.44. The zero-order valence-corrected chi connectivity index (χ0v) is 8.64. The molecule has 2 aromatic rings. The second-order valence-electron chi connectivity index (χ2n) is 3.46. The van der Waals surface area contributed by atoms with Gasteiger partial charge >= 0.3 is 5.97 Å². The first-order chi connectivity index (χ1) is 8.11. The number of phenols is 1. The van der Waals surface area contributed by atoms with Gasteiger partial charge in [-0.1, -0.05) is 6.07 Å². The monoisotopic (exact) mass is 236 g/mol. The number of nitrogens with one attached hydrogen (secondary N) is 1. The van der Waals surface area contributed by atoms with E-state index < -0.39 is 12.6 Å². The number of rotatable bonds is 3. The molecule has 0 radical (unpaired) electrons. The Morgan fingerprint density at radius 2 is 2.18 bits per heavy atom. The summed E-state index contributed by atoms with van der Waals surface area (Å²) in [6, 6.07) is 5.50. The predicted octanol–water partition coefficient (Wildman–Crippen LogP) is 1.95. The number of H-pyrrole nitrogens is 1. The second-order valence-corrected chi connectivity index (χ2v) is 3.46. The maximum Gasteiger partial charge on any atom is 0.353 e. The van der Waals surface area contributed by atoms with E-state index in [0.717, 1.165) is 0 Å². The van der Waals surface area contributed by atoms with E-state index in [1.54, 1.807) is 0 Å². The Balaban J connectivity index is 2.47. The van der Waals surface area contributed by atoms with E-state index in [1.165, 1.54) is 24.3 Å². The molecule has 0 fully saturated rings. The molecule has 6 heteroatoms. The van der Waals surface area contributed by atoms with Crippen LogP contribution in [0.2, 0.25) is 0 Å². The Bertz CT molecular complexity index is 566. The van der Waals surface area contributed by atoms with Crippen LogP contribution in [0.4, 0.5) is 4.39 Å². The lowest BCUT2D eigenvalue weighted by Crippen LogP contribution is -1.95. The fourth-order valence-electron chi connectivity index (χ4n) is 1.44. The molecule has 0 atom stereocenters. The number of phenolic OH excluding ortho intramolecular Hbond substituents is 1. The minimum atomic E-state index is -1.15. The molecule has 5 nitrogen and oxygen atoms in total. The number of aromatic hydroxyl groups is 1. The average Bonchev–Trinajstić information content (AvgIpc) is 2.79. The average molecular weight is 236 g/mol. The molecule has 1 heterocycles. The molecule has 0 saturated heterocycles. The highest BCUT2D eigenvalue weighted by Gasteiger charge is 2.12. The van der Waals surface area contributed by atoms with Gasteiger partial charge in [-0.3, -0.25) is 5.10 Å². The standard InChI is InChI=1S/C11H9FN2O3/c12-5-6-1-2-10(15)7(3-6)8-4-9(11(16)17)14-13-8/h1-4,15H,5H2,(H,13,14)(H,16,17). The van der Waals surface area contributed by atoms with Gasteiger partial charge in [-0.15, -0.1) is 0 Å². The quantitative estimate of drug-likeness (QED) is 0.760. The van der Waals surface area contributed by atoms with Crippen LogP contribution in [0.15, 0.2) is 24.3 Å². The summed E-state index contributed by atoms with van der Waals surface area (Å²) in [7, 11) is 0. The number of carboxylic acids is 1. The van der Waals surface area contributed by atoms with Crippen LogP contribution < -0.4 is 0 Å². The number of aromatic nitrogens is 2. The van der Waals surface area contributed by atoms with Crippen LogP contribution >= 0.6 is 0 Å². The summed E-state index contributed by atoms with van der Waals surface area (Å²) >= 11 is 0. The third-order valence-corrected chi connectivity index (χ3v) is 2.30. The van der Waals surface area contributed by atoms with Gasteiger partial charge in [0.05, 0.1) is 5.69 Å². The zero-order chi connectivity index (χ0) is 12.4. The molecule has 1 aromatic heterocycles. The Hall–Kier alpha value is -2.37. The van der Waals surface area contributed by atoms with Crippen molar-refractivity contribution >= 4 is 5.97 Å². The van der Waals surface area contributed by atoms with E-state index in [9.17, 15) is 14.3 Å². The van der Waals surface area contributed by atoms with Crippen LogP contribution in [0.3, 0.4) is 0 Å². The Morgan fingerprint density at radius 1 is 1.41 bits per heavy atom. The number of hydrogen-bond donors (Lipinski definition) is 3. The van der Waals surface area contributed by atoms with Crippen molar-refractivity contribution in [2.45, 2.75) is 6.67 Å². The number of aromatic amines is 1. The van der Waals surface area contributed by atoms with E-state index in [2.05, 4.69) is 10.2 Å². The lowest BCUT2D eigenvalue weighted by atomic mass is 10.1. The van der Waals surface area contributed by atoms with Crippen molar-refractivity contribution in [3.05, 3.63) is 35.5 Å². The van der Waals surface area contributed by atoms with Crippen LogP contribution in [0, 0.1) is 0 Å². The molecule has 0 aliphatic heterocycles. The normalized spacial score (nSPS) is 10.4. The SMILES string of the molecule is O=C(O)c1cc(-c2cc(CF)ccc2O)n[nH]1. The molecule has 0 aliphatic rings. The smallest absolute Gasteiger partial charge is 0.353 e. The van der Waals surface area contributed by atoms with Crippen LogP contribution in [-0.4, -0.2) is 26.4 Å². The Morgan fingerprint density at radius 3 is 2.76 bits per heavy atom. The molecule has 0 unspecified atom stereocenters. The first-order valence-corrected chi connectivity index (χ1v) is 4.78.